The van der Waals surface area contributed by atoms with E-state index in [9.17, 15) is 17.6 Å². The van der Waals surface area contributed by atoms with E-state index in [1.54, 1.807) is 0 Å². The van der Waals surface area contributed by atoms with Crippen molar-refractivity contribution in [2.75, 3.05) is 0 Å². The largest absolute Gasteiger partial charge is 1.00 e. The van der Waals surface area contributed by atoms with E-state index >= 15 is 0 Å². The van der Waals surface area contributed by atoms with Crippen LogP contribution in [0.15, 0.2) is 0 Å². The van der Waals surface area contributed by atoms with Crippen molar-refractivity contribution in [3.8, 4) is 0 Å². The SMILES string of the molecule is O=C(F)C(F)(F)F.[H-].[Li+]. The fraction of sp³-hybridized carbons (Fsp3) is 0.500. The van der Waals surface area contributed by atoms with Crippen LogP contribution in [0.1, 0.15) is 1.43 Å². The minimum absolute atomic E-state index is 0. The van der Waals surface area contributed by atoms with Crippen molar-refractivity contribution in [2.45, 2.75) is 6.18 Å². The summed E-state index contributed by atoms with van der Waals surface area (Å²) in [4.78, 5) is 8.67. The van der Waals surface area contributed by atoms with Crippen LogP contribution >= 0.6 is 0 Å². The zero-order valence-electron chi connectivity index (χ0n) is 4.92. The first-order valence-electron chi connectivity index (χ1n) is 1.21. The summed E-state index contributed by atoms with van der Waals surface area (Å²) in [5.74, 6) is 0. The zero-order valence-corrected chi connectivity index (χ0v) is 3.92. The van der Waals surface area contributed by atoms with E-state index in [2.05, 4.69) is 0 Å². The number of hydrogen-bond acceptors (Lipinski definition) is 1. The van der Waals surface area contributed by atoms with Crippen LogP contribution in [0.3, 0.4) is 0 Å². The van der Waals surface area contributed by atoms with Gasteiger partial charge in [-0.2, -0.15) is 17.6 Å². The van der Waals surface area contributed by atoms with E-state index < -0.39 is 12.2 Å². The van der Waals surface area contributed by atoms with Crippen molar-refractivity contribution in [3.63, 3.8) is 0 Å². The monoisotopic (exact) mass is 124 g/mol. The number of rotatable bonds is 0. The average molecular weight is 124 g/mol. The molecule has 0 aliphatic heterocycles. The van der Waals surface area contributed by atoms with Crippen LogP contribution < -0.4 is 18.9 Å². The predicted octanol–water partition coefficient (Wildman–Crippen LogP) is -1.84. The van der Waals surface area contributed by atoms with Gasteiger partial charge in [0.15, 0.2) is 0 Å². The standard InChI is InChI=1S/C2F4O.Li.H/c3-1(7)2(4,5)6;;/q;+1;-1. The summed E-state index contributed by atoms with van der Waals surface area (Å²) >= 11 is 0. The smallest absolute Gasteiger partial charge is 1.00 e. The maximum absolute atomic E-state index is 10.5. The molecule has 0 atom stereocenters. The second-order valence-electron chi connectivity index (χ2n) is 0.771. The molecule has 0 saturated heterocycles. The van der Waals surface area contributed by atoms with Crippen LogP contribution in [0.25, 0.3) is 0 Å². The van der Waals surface area contributed by atoms with Crippen molar-refractivity contribution in [2.24, 2.45) is 0 Å². The summed E-state index contributed by atoms with van der Waals surface area (Å²) < 4.78 is 41.8. The molecular formula is C2HF4LiO. The van der Waals surface area contributed by atoms with Crippen LogP contribution in [-0.4, -0.2) is 12.2 Å². The third-order valence-corrected chi connectivity index (χ3v) is 0.223. The van der Waals surface area contributed by atoms with Gasteiger partial charge in [0.05, 0.1) is 0 Å². The Morgan fingerprint density at radius 3 is 1.50 bits per heavy atom. The van der Waals surface area contributed by atoms with Gasteiger partial charge in [0.25, 0.3) is 0 Å². The first kappa shape index (κ1) is 10.9. The predicted molar refractivity (Wildman–Crippen MR) is 13.3 cm³/mol. The molecule has 1 nitrogen and oxygen atoms in total. The van der Waals surface area contributed by atoms with Crippen LogP contribution in [0.5, 0.6) is 0 Å². The van der Waals surface area contributed by atoms with Gasteiger partial charge in [-0.3, -0.25) is 4.79 Å². The minimum Gasteiger partial charge on any atom is -1.00 e. The number of hydrogen-bond donors (Lipinski definition) is 0. The second kappa shape index (κ2) is 3.10. The average Bonchev–Trinajstić information content (AvgIpc) is 1.31. The molecule has 0 aliphatic rings. The molecule has 0 unspecified atom stereocenters. The molecule has 0 heterocycles. The van der Waals surface area contributed by atoms with E-state index in [1.165, 1.54) is 0 Å². The van der Waals surface area contributed by atoms with Crippen molar-refractivity contribution in [1.29, 1.82) is 0 Å². The van der Waals surface area contributed by atoms with Gasteiger partial charge in [-0.25, -0.2) is 0 Å². The molecule has 0 bridgehead atoms. The Labute approximate surface area is 55.7 Å². The summed E-state index contributed by atoms with van der Waals surface area (Å²) in [5.41, 5.74) is 0. The van der Waals surface area contributed by atoms with Gasteiger partial charge in [-0.05, 0) is 0 Å². The van der Waals surface area contributed by atoms with Crippen LogP contribution in [0.2, 0.25) is 0 Å². The quantitative estimate of drug-likeness (QED) is 0.211. The van der Waals surface area contributed by atoms with Gasteiger partial charge < -0.3 is 1.43 Å². The van der Waals surface area contributed by atoms with Gasteiger partial charge in [0.1, 0.15) is 0 Å². The molecule has 0 amide bonds. The Hall–Kier alpha value is -0.0126. The molecule has 0 aromatic carbocycles. The molecule has 0 aromatic heterocycles. The molecular weight excluding hydrogens is 123 g/mol. The molecule has 6 heteroatoms. The van der Waals surface area contributed by atoms with E-state index in [4.69, 9.17) is 4.79 Å². The molecule has 0 aromatic rings. The summed E-state index contributed by atoms with van der Waals surface area (Å²) in [5, 5.41) is 0. The molecule has 0 N–H and O–H groups in total. The minimum atomic E-state index is -5.31. The molecule has 44 valence electrons. The molecule has 0 saturated carbocycles. The van der Waals surface area contributed by atoms with Gasteiger partial charge >= 0.3 is 31.1 Å². The van der Waals surface area contributed by atoms with Gasteiger partial charge in [0.2, 0.25) is 0 Å². The normalized spacial score (nSPS) is 10.0. The third kappa shape index (κ3) is 4.15. The van der Waals surface area contributed by atoms with Gasteiger partial charge in [-0.15, -0.1) is 0 Å². The molecule has 8 heavy (non-hydrogen) atoms. The summed E-state index contributed by atoms with van der Waals surface area (Å²) in [6, 6.07) is -3.26. The summed E-state index contributed by atoms with van der Waals surface area (Å²) in [6.45, 7) is 0. The number of halogens is 4. The first-order chi connectivity index (χ1) is 2.94. The van der Waals surface area contributed by atoms with E-state index in [1.807, 2.05) is 0 Å². The van der Waals surface area contributed by atoms with Crippen LogP contribution in [0.4, 0.5) is 17.6 Å². The Morgan fingerprint density at radius 2 is 1.50 bits per heavy atom. The number of alkyl halides is 3. The van der Waals surface area contributed by atoms with Gasteiger partial charge in [-0.1, -0.05) is 0 Å². The Balaban J connectivity index is -0.000000180. The van der Waals surface area contributed by atoms with E-state index in [-0.39, 0.29) is 20.3 Å². The topological polar surface area (TPSA) is 17.1 Å². The Bertz CT molecular complexity index is 91.1. The second-order valence-corrected chi connectivity index (χ2v) is 0.771. The van der Waals surface area contributed by atoms with Crippen molar-refractivity contribution >= 4 is 6.04 Å². The van der Waals surface area contributed by atoms with Crippen molar-refractivity contribution in [1.82, 2.24) is 0 Å². The fourth-order valence-electron chi connectivity index (χ4n) is 0. The third-order valence-electron chi connectivity index (χ3n) is 0.223. The molecule has 0 rings (SSSR count). The fourth-order valence-corrected chi connectivity index (χ4v) is 0. The van der Waals surface area contributed by atoms with E-state index in [0.717, 1.165) is 0 Å². The zero-order chi connectivity index (χ0) is 6.08. The van der Waals surface area contributed by atoms with Gasteiger partial charge in [0, 0.05) is 0 Å². The summed E-state index contributed by atoms with van der Waals surface area (Å²) in [6.07, 6.45) is -5.31. The number of carbonyl (C=O) groups is 1. The molecule has 0 fully saturated rings. The summed E-state index contributed by atoms with van der Waals surface area (Å²) in [7, 11) is 0. The van der Waals surface area contributed by atoms with Crippen molar-refractivity contribution < 1.29 is 42.6 Å². The first-order valence-corrected chi connectivity index (χ1v) is 1.21. The molecule has 0 radical (unpaired) electrons. The maximum atomic E-state index is 10.5. The molecule has 0 spiro atoms. The Kier molecular flexibility index (Phi) is 4.22. The maximum Gasteiger partial charge on any atom is 1.00 e. The van der Waals surface area contributed by atoms with Crippen molar-refractivity contribution in [3.05, 3.63) is 0 Å². The number of carbonyl (C=O) groups excluding carboxylic acids is 1. The van der Waals surface area contributed by atoms with Crippen LogP contribution in [-0.2, 0) is 4.79 Å². The molecule has 0 aliphatic carbocycles. The Morgan fingerprint density at radius 1 is 1.38 bits per heavy atom. The van der Waals surface area contributed by atoms with E-state index in [0.29, 0.717) is 0 Å². The van der Waals surface area contributed by atoms with Crippen LogP contribution in [0, 0.1) is 0 Å².